The fourth-order valence-corrected chi connectivity index (χ4v) is 1.55. The normalized spacial score (nSPS) is 10.2. The molecule has 1 heterocycles. The summed E-state index contributed by atoms with van der Waals surface area (Å²) in [5, 5.41) is 0.547. The van der Waals surface area contributed by atoms with Gasteiger partial charge in [-0.15, -0.1) is 0 Å². The number of rotatable bonds is 4. The molecule has 0 amide bonds. The van der Waals surface area contributed by atoms with Crippen molar-refractivity contribution in [2.45, 2.75) is 13.5 Å². The van der Waals surface area contributed by atoms with Crippen LogP contribution in [0.1, 0.15) is 23.2 Å². The van der Waals surface area contributed by atoms with E-state index in [1.807, 2.05) is 12.1 Å². The number of para-hydroxylation sites is 1. The highest BCUT2D eigenvalue weighted by atomic mass is 35.5. The van der Waals surface area contributed by atoms with Crippen molar-refractivity contribution in [2.75, 3.05) is 0 Å². The molecule has 2 rings (SSSR count). The van der Waals surface area contributed by atoms with Crippen LogP contribution in [0, 0.1) is 0 Å². The van der Waals surface area contributed by atoms with Crippen molar-refractivity contribution in [3.63, 3.8) is 0 Å². The fraction of sp³-hybridized carbons (Fsp3) is 0.154. The number of hydrogen-bond acceptors (Lipinski definition) is 3. The summed E-state index contributed by atoms with van der Waals surface area (Å²) in [6.07, 6.45) is 0. The fourth-order valence-electron chi connectivity index (χ4n) is 1.36. The van der Waals surface area contributed by atoms with Crippen LogP contribution in [0.2, 0.25) is 5.02 Å². The summed E-state index contributed by atoms with van der Waals surface area (Å²) < 4.78 is 10.8. The number of ether oxygens (including phenoxy) is 1. The number of carbonyl (C=O) groups is 1. The molecule has 1 aromatic heterocycles. The number of Topliss-reactive ketones (excluding diaryl/α,β-unsaturated/α-hetero) is 1. The summed E-state index contributed by atoms with van der Waals surface area (Å²) in [5.41, 5.74) is 0. The lowest BCUT2D eigenvalue weighted by atomic mass is 10.3. The summed E-state index contributed by atoms with van der Waals surface area (Å²) in [6.45, 7) is 1.70. The van der Waals surface area contributed by atoms with E-state index in [4.69, 9.17) is 20.8 Å². The minimum absolute atomic E-state index is 0.103. The van der Waals surface area contributed by atoms with E-state index in [0.717, 1.165) is 0 Å². The Hall–Kier alpha value is -1.74. The van der Waals surface area contributed by atoms with E-state index < -0.39 is 0 Å². The molecule has 0 saturated carbocycles. The molecule has 0 saturated heterocycles. The highest BCUT2D eigenvalue weighted by Crippen LogP contribution is 2.24. The van der Waals surface area contributed by atoms with Gasteiger partial charge in [0.25, 0.3) is 0 Å². The number of ketones is 1. The maximum absolute atomic E-state index is 11.0. The van der Waals surface area contributed by atoms with E-state index in [9.17, 15) is 4.79 Å². The third-order valence-electron chi connectivity index (χ3n) is 2.22. The molecular weight excluding hydrogens is 240 g/mol. The van der Waals surface area contributed by atoms with E-state index >= 15 is 0 Å². The van der Waals surface area contributed by atoms with Gasteiger partial charge in [0.05, 0.1) is 5.02 Å². The quantitative estimate of drug-likeness (QED) is 0.777. The van der Waals surface area contributed by atoms with Crippen molar-refractivity contribution in [1.29, 1.82) is 0 Å². The van der Waals surface area contributed by atoms with Gasteiger partial charge in [0.1, 0.15) is 18.1 Å². The van der Waals surface area contributed by atoms with Crippen LogP contribution >= 0.6 is 11.6 Å². The minimum Gasteiger partial charge on any atom is -0.484 e. The SMILES string of the molecule is CC(=O)c1ccc(COc2ccccc2Cl)o1. The molecule has 0 spiro atoms. The lowest BCUT2D eigenvalue weighted by Gasteiger charge is -2.05. The average Bonchev–Trinajstić information content (AvgIpc) is 2.77. The average molecular weight is 251 g/mol. The van der Waals surface area contributed by atoms with Gasteiger partial charge in [0.2, 0.25) is 0 Å². The number of furan rings is 1. The molecule has 0 atom stereocenters. The van der Waals surface area contributed by atoms with Crippen LogP contribution in [0.15, 0.2) is 40.8 Å². The van der Waals surface area contributed by atoms with Crippen molar-refractivity contribution >= 4 is 17.4 Å². The first-order valence-electron chi connectivity index (χ1n) is 5.14. The summed E-state index contributed by atoms with van der Waals surface area (Å²) in [7, 11) is 0. The van der Waals surface area contributed by atoms with Crippen molar-refractivity contribution in [1.82, 2.24) is 0 Å². The van der Waals surface area contributed by atoms with Crippen LogP contribution in [0.5, 0.6) is 5.75 Å². The first-order chi connectivity index (χ1) is 8.16. The van der Waals surface area contributed by atoms with Crippen LogP contribution in [-0.2, 0) is 6.61 Å². The molecule has 2 aromatic rings. The number of carbonyl (C=O) groups excluding carboxylic acids is 1. The molecule has 88 valence electrons. The molecule has 1 aromatic carbocycles. The smallest absolute Gasteiger partial charge is 0.194 e. The standard InChI is InChI=1S/C13H11ClO3/c1-9(15)12-7-6-10(17-12)8-16-13-5-3-2-4-11(13)14/h2-7H,8H2,1H3. The van der Waals surface area contributed by atoms with Gasteiger partial charge in [-0.25, -0.2) is 0 Å². The Kier molecular flexibility index (Phi) is 3.49. The van der Waals surface area contributed by atoms with Gasteiger partial charge < -0.3 is 9.15 Å². The number of benzene rings is 1. The molecule has 0 N–H and O–H groups in total. The zero-order valence-electron chi connectivity index (χ0n) is 9.27. The van der Waals surface area contributed by atoms with Crippen molar-refractivity contribution < 1.29 is 13.9 Å². The Labute approximate surface area is 104 Å². The van der Waals surface area contributed by atoms with E-state index in [2.05, 4.69) is 0 Å². The lowest BCUT2D eigenvalue weighted by Crippen LogP contribution is -1.94. The summed E-state index contributed by atoms with van der Waals surface area (Å²) in [4.78, 5) is 11.0. The van der Waals surface area contributed by atoms with E-state index in [1.54, 1.807) is 24.3 Å². The van der Waals surface area contributed by atoms with Crippen molar-refractivity contribution in [3.8, 4) is 5.75 Å². The zero-order valence-corrected chi connectivity index (χ0v) is 10.0. The maximum Gasteiger partial charge on any atom is 0.194 e. The zero-order chi connectivity index (χ0) is 12.3. The minimum atomic E-state index is -0.103. The van der Waals surface area contributed by atoms with Crippen molar-refractivity contribution in [2.24, 2.45) is 0 Å². The monoisotopic (exact) mass is 250 g/mol. The topological polar surface area (TPSA) is 39.4 Å². The molecule has 0 radical (unpaired) electrons. The molecule has 0 fully saturated rings. The molecule has 4 heteroatoms. The molecular formula is C13H11ClO3. The van der Waals surface area contributed by atoms with Gasteiger partial charge in [0, 0.05) is 6.92 Å². The third-order valence-corrected chi connectivity index (χ3v) is 2.53. The largest absolute Gasteiger partial charge is 0.484 e. The van der Waals surface area contributed by atoms with E-state index in [0.29, 0.717) is 22.3 Å². The summed E-state index contributed by atoms with van der Waals surface area (Å²) in [5.74, 6) is 1.42. The molecule has 0 aliphatic heterocycles. The summed E-state index contributed by atoms with van der Waals surface area (Å²) >= 11 is 5.94. The van der Waals surface area contributed by atoms with Crippen LogP contribution in [-0.4, -0.2) is 5.78 Å². The first kappa shape index (κ1) is 11.7. The predicted molar refractivity (Wildman–Crippen MR) is 64.5 cm³/mol. The highest BCUT2D eigenvalue weighted by Gasteiger charge is 2.07. The second-order valence-corrected chi connectivity index (χ2v) is 3.95. The molecule has 0 aliphatic rings. The predicted octanol–water partition coefficient (Wildman–Crippen LogP) is 3.71. The van der Waals surface area contributed by atoms with Gasteiger partial charge in [0.15, 0.2) is 11.5 Å². The highest BCUT2D eigenvalue weighted by molar-refractivity contribution is 6.32. The van der Waals surface area contributed by atoms with E-state index in [-0.39, 0.29) is 12.4 Å². The van der Waals surface area contributed by atoms with Gasteiger partial charge >= 0.3 is 0 Å². The van der Waals surface area contributed by atoms with Crippen LogP contribution < -0.4 is 4.74 Å². The molecule has 0 bridgehead atoms. The van der Waals surface area contributed by atoms with Crippen LogP contribution in [0.3, 0.4) is 0 Å². The Bertz CT molecular complexity index is 531. The Morgan fingerprint density at radius 3 is 2.71 bits per heavy atom. The van der Waals surface area contributed by atoms with Gasteiger partial charge in [-0.2, -0.15) is 0 Å². The summed E-state index contributed by atoms with van der Waals surface area (Å²) in [6, 6.07) is 10.5. The van der Waals surface area contributed by atoms with Gasteiger partial charge in [-0.1, -0.05) is 23.7 Å². The number of halogens is 1. The second-order valence-electron chi connectivity index (χ2n) is 3.54. The third kappa shape index (κ3) is 2.88. The Morgan fingerprint density at radius 1 is 1.29 bits per heavy atom. The Balaban J connectivity index is 2.02. The van der Waals surface area contributed by atoms with Gasteiger partial charge in [-0.05, 0) is 24.3 Å². The van der Waals surface area contributed by atoms with Crippen LogP contribution in [0.25, 0.3) is 0 Å². The Morgan fingerprint density at radius 2 is 2.06 bits per heavy atom. The second kappa shape index (κ2) is 5.06. The number of hydrogen-bond donors (Lipinski definition) is 0. The molecule has 0 aliphatic carbocycles. The maximum atomic E-state index is 11.0. The molecule has 0 unspecified atom stereocenters. The lowest BCUT2D eigenvalue weighted by molar-refractivity contribution is 0.0983. The van der Waals surface area contributed by atoms with Crippen molar-refractivity contribution in [3.05, 3.63) is 52.9 Å². The first-order valence-corrected chi connectivity index (χ1v) is 5.51. The van der Waals surface area contributed by atoms with Crippen LogP contribution in [0.4, 0.5) is 0 Å². The van der Waals surface area contributed by atoms with E-state index in [1.165, 1.54) is 6.92 Å². The molecule has 3 nitrogen and oxygen atoms in total. The van der Waals surface area contributed by atoms with Gasteiger partial charge in [-0.3, -0.25) is 4.79 Å². The molecule has 17 heavy (non-hydrogen) atoms.